The molecular formula is C21H21F2NO3. The van der Waals surface area contributed by atoms with Crippen molar-refractivity contribution in [2.45, 2.75) is 31.9 Å². The molecule has 4 nitrogen and oxygen atoms in total. The largest absolute Gasteiger partial charge is 0.493 e. The lowest BCUT2D eigenvalue weighted by Gasteiger charge is -2.25. The fourth-order valence-corrected chi connectivity index (χ4v) is 3.33. The second kappa shape index (κ2) is 8.66. The lowest BCUT2D eigenvalue weighted by molar-refractivity contribution is -0.117. The molecule has 3 rings (SSSR count). The number of carbonyl (C=O) groups is 1. The second-order valence-corrected chi connectivity index (χ2v) is 6.24. The number of nitrogens with one attached hydrogen (secondary N) is 1. The van der Waals surface area contributed by atoms with Gasteiger partial charge in [0.05, 0.1) is 13.2 Å². The number of hydrogen-bond acceptors (Lipinski definition) is 3. The minimum atomic E-state index is -2.99. The monoisotopic (exact) mass is 373 g/mol. The van der Waals surface area contributed by atoms with Crippen LogP contribution >= 0.6 is 0 Å². The zero-order chi connectivity index (χ0) is 19.2. The summed E-state index contributed by atoms with van der Waals surface area (Å²) in [5, 5.41) is 2.99. The molecule has 0 radical (unpaired) electrons. The molecule has 0 heterocycles. The Bertz CT molecular complexity index is 836. The maximum absolute atomic E-state index is 12.7. The van der Waals surface area contributed by atoms with Gasteiger partial charge in [0.2, 0.25) is 5.91 Å². The number of halogens is 2. The van der Waals surface area contributed by atoms with Gasteiger partial charge in [-0.25, -0.2) is 0 Å². The third kappa shape index (κ3) is 4.64. The molecule has 0 unspecified atom stereocenters. The molecule has 1 aliphatic carbocycles. The van der Waals surface area contributed by atoms with E-state index in [1.165, 1.54) is 30.9 Å². The highest BCUT2D eigenvalue weighted by molar-refractivity contribution is 5.92. The number of aryl methyl sites for hydroxylation is 1. The number of para-hydroxylation sites is 1. The number of benzene rings is 2. The normalized spacial score (nSPS) is 16.2. The summed E-state index contributed by atoms with van der Waals surface area (Å²) in [6.45, 7) is -2.99. The Morgan fingerprint density at radius 1 is 1.22 bits per heavy atom. The standard InChI is InChI=1S/C21H21F2NO3/c1-26-18-11-5-8-15(20(18)27-21(22)23)12-13-19(25)24-17-10-4-7-14-6-2-3-9-16(14)17/h2-3,5-6,8-9,11-13,17,21H,4,7,10H2,1H3,(H,24,25)/b13-12+/t17-/m0/s1. The highest BCUT2D eigenvalue weighted by Gasteiger charge is 2.20. The second-order valence-electron chi connectivity index (χ2n) is 6.24. The Morgan fingerprint density at radius 2 is 2.04 bits per heavy atom. The predicted octanol–water partition coefficient (Wildman–Crippen LogP) is 4.50. The van der Waals surface area contributed by atoms with E-state index in [0.717, 1.165) is 24.8 Å². The number of methoxy groups -OCH3 is 1. The summed E-state index contributed by atoms with van der Waals surface area (Å²) < 4.78 is 35.0. The van der Waals surface area contributed by atoms with E-state index in [9.17, 15) is 13.6 Å². The lowest BCUT2D eigenvalue weighted by atomic mass is 9.88. The molecule has 2 aromatic rings. The SMILES string of the molecule is COc1cccc(/C=C/C(=O)N[C@H]2CCCc3ccccc32)c1OC(F)F. The van der Waals surface area contributed by atoms with E-state index < -0.39 is 6.61 Å². The summed E-state index contributed by atoms with van der Waals surface area (Å²) in [6, 6.07) is 12.8. The van der Waals surface area contributed by atoms with Gasteiger partial charge in [0.25, 0.3) is 0 Å². The van der Waals surface area contributed by atoms with E-state index in [1.54, 1.807) is 12.1 Å². The molecule has 0 bridgehead atoms. The van der Waals surface area contributed by atoms with Gasteiger partial charge < -0.3 is 14.8 Å². The zero-order valence-corrected chi connectivity index (χ0v) is 15.0. The van der Waals surface area contributed by atoms with Crippen LogP contribution in [0.25, 0.3) is 6.08 Å². The molecule has 0 aromatic heterocycles. The van der Waals surface area contributed by atoms with Gasteiger partial charge in [-0.05, 0) is 42.5 Å². The molecule has 0 aliphatic heterocycles. The quantitative estimate of drug-likeness (QED) is 0.758. The van der Waals surface area contributed by atoms with Crippen LogP contribution in [-0.2, 0) is 11.2 Å². The number of rotatable bonds is 6. The first kappa shape index (κ1) is 18.9. The van der Waals surface area contributed by atoms with Crippen LogP contribution in [0, 0.1) is 0 Å². The van der Waals surface area contributed by atoms with Crippen LogP contribution in [-0.4, -0.2) is 19.6 Å². The van der Waals surface area contributed by atoms with Gasteiger partial charge in [-0.3, -0.25) is 4.79 Å². The maximum atomic E-state index is 12.7. The van der Waals surface area contributed by atoms with Gasteiger partial charge in [0, 0.05) is 11.6 Å². The minimum absolute atomic E-state index is 0.0470. The van der Waals surface area contributed by atoms with Crippen molar-refractivity contribution in [3.05, 3.63) is 65.2 Å². The molecule has 1 aliphatic rings. The Balaban J connectivity index is 1.74. The van der Waals surface area contributed by atoms with Crippen molar-refractivity contribution < 1.29 is 23.0 Å². The molecule has 142 valence electrons. The summed E-state index contributed by atoms with van der Waals surface area (Å²) in [6.07, 6.45) is 5.66. The van der Waals surface area contributed by atoms with Crippen LogP contribution in [0.3, 0.4) is 0 Å². The Kier molecular flexibility index (Phi) is 6.06. The average molecular weight is 373 g/mol. The Morgan fingerprint density at radius 3 is 2.81 bits per heavy atom. The summed E-state index contributed by atoms with van der Waals surface area (Å²) >= 11 is 0. The van der Waals surface area contributed by atoms with Crippen LogP contribution in [0.2, 0.25) is 0 Å². The molecule has 1 atom stereocenters. The van der Waals surface area contributed by atoms with Gasteiger partial charge in [-0.1, -0.05) is 36.4 Å². The summed E-state index contributed by atoms with van der Waals surface area (Å²) in [5.41, 5.74) is 2.72. The number of ether oxygens (including phenoxy) is 2. The summed E-state index contributed by atoms with van der Waals surface area (Å²) in [4.78, 5) is 12.4. The third-order valence-electron chi connectivity index (χ3n) is 4.54. The predicted molar refractivity (Wildman–Crippen MR) is 98.9 cm³/mol. The van der Waals surface area contributed by atoms with Crippen molar-refractivity contribution in [1.29, 1.82) is 0 Å². The van der Waals surface area contributed by atoms with E-state index in [4.69, 9.17) is 4.74 Å². The van der Waals surface area contributed by atoms with Gasteiger partial charge in [-0.15, -0.1) is 0 Å². The zero-order valence-electron chi connectivity index (χ0n) is 15.0. The number of carbonyl (C=O) groups excluding carboxylic acids is 1. The van der Waals surface area contributed by atoms with Crippen molar-refractivity contribution in [2.75, 3.05) is 7.11 Å². The van der Waals surface area contributed by atoms with E-state index in [0.29, 0.717) is 5.56 Å². The smallest absolute Gasteiger partial charge is 0.387 e. The molecule has 0 spiro atoms. The molecule has 0 fully saturated rings. The van der Waals surface area contributed by atoms with Gasteiger partial charge in [0.1, 0.15) is 0 Å². The van der Waals surface area contributed by atoms with Crippen LogP contribution in [0.4, 0.5) is 8.78 Å². The lowest BCUT2D eigenvalue weighted by Crippen LogP contribution is -2.29. The van der Waals surface area contributed by atoms with Crippen LogP contribution in [0.15, 0.2) is 48.5 Å². The van der Waals surface area contributed by atoms with Crippen LogP contribution in [0.1, 0.15) is 35.6 Å². The molecule has 1 amide bonds. The fraction of sp³-hybridized carbons (Fsp3) is 0.286. The summed E-state index contributed by atoms with van der Waals surface area (Å²) in [5.74, 6) is -0.205. The van der Waals surface area contributed by atoms with E-state index >= 15 is 0 Å². The van der Waals surface area contributed by atoms with E-state index in [2.05, 4.69) is 16.1 Å². The molecule has 0 saturated heterocycles. The number of hydrogen-bond donors (Lipinski definition) is 1. The first-order chi connectivity index (χ1) is 13.1. The first-order valence-corrected chi connectivity index (χ1v) is 8.76. The van der Waals surface area contributed by atoms with E-state index in [1.807, 2.05) is 18.2 Å². The van der Waals surface area contributed by atoms with Gasteiger partial charge in [0.15, 0.2) is 11.5 Å². The van der Waals surface area contributed by atoms with Gasteiger partial charge in [-0.2, -0.15) is 8.78 Å². The molecule has 27 heavy (non-hydrogen) atoms. The number of amides is 1. The van der Waals surface area contributed by atoms with Crippen molar-refractivity contribution >= 4 is 12.0 Å². The molecule has 2 aromatic carbocycles. The number of alkyl halides is 2. The molecule has 0 saturated carbocycles. The van der Waals surface area contributed by atoms with Crippen molar-refractivity contribution in [3.63, 3.8) is 0 Å². The van der Waals surface area contributed by atoms with Crippen LogP contribution in [0.5, 0.6) is 11.5 Å². The first-order valence-electron chi connectivity index (χ1n) is 8.76. The molecular weight excluding hydrogens is 352 g/mol. The summed E-state index contributed by atoms with van der Waals surface area (Å²) in [7, 11) is 1.37. The van der Waals surface area contributed by atoms with Crippen molar-refractivity contribution in [1.82, 2.24) is 5.32 Å². The van der Waals surface area contributed by atoms with Gasteiger partial charge >= 0.3 is 6.61 Å². The topological polar surface area (TPSA) is 47.6 Å². The molecule has 1 N–H and O–H groups in total. The number of fused-ring (bicyclic) bond motifs is 1. The minimum Gasteiger partial charge on any atom is -0.493 e. The molecule has 6 heteroatoms. The Labute approximate surface area is 156 Å². The highest BCUT2D eigenvalue weighted by atomic mass is 19.3. The maximum Gasteiger partial charge on any atom is 0.387 e. The third-order valence-corrected chi connectivity index (χ3v) is 4.54. The fourth-order valence-electron chi connectivity index (χ4n) is 3.33. The Hall–Kier alpha value is -2.89. The van der Waals surface area contributed by atoms with Crippen molar-refractivity contribution in [3.8, 4) is 11.5 Å². The van der Waals surface area contributed by atoms with Crippen molar-refractivity contribution in [2.24, 2.45) is 0 Å². The van der Waals surface area contributed by atoms with Crippen LogP contribution < -0.4 is 14.8 Å². The highest BCUT2D eigenvalue weighted by Crippen LogP contribution is 2.33. The average Bonchev–Trinajstić information content (AvgIpc) is 2.67. The van der Waals surface area contributed by atoms with E-state index in [-0.39, 0.29) is 23.4 Å².